The van der Waals surface area contributed by atoms with E-state index in [2.05, 4.69) is 4.89 Å². The van der Waals surface area contributed by atoms with E-state index in [1.165, 1.54) is 0 Å². The molecule has 0 amide bonds. The monoisotopic (exact) mass is 228 g/mol. The Labute approximate surface area is 99.2 Å². The number of carbonyl (C=O) groups is 1. The molecular formula is C14H12O3. The van der Waals surface area contributed by atoms with Gasteiger partial charge in [0.15, 0.2) is 0 Å². The molecule has 0 spiro atoms. The van der Waals surface area contributed by atoms with Crippen molar-refractivity contribution < 1.29 is 14.9 Å². The average molecular weight is 228 g/mol. The first-order valence-corrected chi connectivity index (χ1v) is 5.28. The van der Waals surface area contributed by atoms with Gasteiger partial charge in [0.05, 0.1) is 6.42 Å². The standard InChI is InChI=1S/C14H12O3/c15-14(17-16)10-11-6-8-13(9-7-11)12-4-2-1-3-5-12/h1-9,16H,10H2. The van der Waals surface area contributed by atoms with Crippen LogP contribution in [0.3, 0.4) is 0 Å². The van der Waals surface area contributed by atoms with E-state index in [1.54, 1.807) is 0 Å². The second-order valence-corrected chi connectivity index (χ2v) is 3.70. The van der Waals surface area contributed by atoms with Crippen LogP contribution in [0.2, 0.25) is 0 Å². The molecule has 0 fully saturated rings. The summed E-state index contributed by atoms with van der Waals surface area (Å²) in [6, 6.07) is 17.5. The third kappa shape index (κ3) is 2.92. The van der Waals surface area contributed by atoms with Crippen LogP contribution in [0.25, 0.3) is 11.1 Å². The molecule has 0 radical (unpaired) electrons. The highest BCUT2D eigenvalue weighted by molar-refractivity contribution is 5.72. The fraction of sp³-hybridized carbons (Fsp3) is 0.0714. The minimum absolute atomic E-state index is 0.0750. The van der Waals surface area contributed by atoms with E-state index in [1.807, 2.05) is 54.6 Å². The number of rotatable bonds is 3. The molecule has 0 saturated heterocycles. The first kappa shape index (κ1) is 11.4. The van der Waals surface area contributed by atoms with Gasteiger partial charge in [0.2, 0.25) is 0 Å². The van der Waals surface area contributed by atoms with Gasteiger partial charge in [-0.2, -0.15) is 5.26 Å². The third-order valence-electron chi connectivity index (χ3n) is 2.51. The van der Waals surface area contributed by atoms with Crippen LogP contribution in [0, 0.1) is 0 Å². The Kier molecular flexibility index (Phi) is 3.52. The lowest BCUT2D eigenvalue weighted by Crippen LogP contribution is -2.04. The van der Waals surface area contributed by atoms with Gasteiger partial charge in [-0.1, -0.05) is 54.6 Å². The predicted octanol–water partition coefficient (Wildman–Crippen LogP) is 2.91. The molecule has 0 aliphatic heterocycles. The Morgan fingerprint density at radius 2 is 1.53 bits per heavy atom. The van der Waals surface area contributed by atoms with E-state index >= 15 is 0 Å². The van der Waals surface area contributed by atoms with Crippen molar-refractivity contribution in [2.75, 3.05) is 0 Å². The average Bonchev–Trinajstić information content (AvgIpc) is 2.40. The van der Waals surface area contributed by atoms with Crippen molar-refractivity contribution in [1.29, 1.82) is 0 Å². The van der Waals surface area contributed by atoms with Gasteiger partial charge in [0.1, 0.15) is 0 Å². The van der Waals surface area contributed by atoms with Gasteiger partial charge in [0.25, 0.3) is 0 Å². The second kappa shape index (κ2) is 5.27. The van der Waals surface area contributed by atoms with Crippen LogP contribution in [0.15, 0.2) is 54.6 Å². The molecule has 0 aromatic heterocycles. The summed E-state index contributed by atoms with van der Waals surface area (Å²) in [4.78, 5) is 14.5. The number of hydrogen-bond donors (Lipinski definition) is 1. The molecule has 86 valence electrons. The fourth-order valence-electron chi connectivity index (χ4n) is 1.64. The zero-order valence-corrected chi connectivity index (χ0v) is 9.17. The summed E-state index contributed by atoms with van der Waals surface area (Å²) in [6.45, 7) is 0. The SMILES string of the molecule is O=C(Cc1ccc(-c2ccccc2)cc1)OO. The summed E-state index contributed by atoms with van der Waals surface area (Å²) >= 11 is 0. The molecule has 0 bridgehead atoms. The minimum atomic E-state index is -0.655. The van der Waals surface area contributed by atoms with Gasteiger partial charge in [-0.05, 0) is 16.7 Å². The van der Waals surface area contributed by atoms with Crippen molar-refractivity contribution in [3.63, 3.8) is 0 Å². The fourth-order valence-corrected chi connectivity index (χ4v) is 1.64. The molecule has 17 heavy (non-hydrogen) atoms. The van der Waals surface area contributed by atoms with E-state index in [0.29, 0.717) is 0 Å². The van der Waals surface area contributed by atoms with Crippen LogP contribution in [0.4, 0.5) is 0 Å². The maximum atomic E-state index is 10.9. The van der Waals surface area contributed by atoms with Gasteiger partial charge in [-0.15, -0.1) is 0 Å². The summed E-state index contributed by atoms with van der Waals surface area (Å²) in [5.74, 6) is -0.655. The first-order valence-electron chi connectivity index (χ1n) is 5.28. The Balaban J connectivity index is 2.16. The molecule has 0 unspecified atom stereocenters. The summed E-state index contributed by atoms with van der Waals surface area (Å²) in [7, 11) is 0. The van der Waals surface area contributed by atoms with Crippen molar-refractivity contribution in [2.45, 2.75) is 6.42 Å². The van der Waals surface area contributed by atoms with E-state index in [0.717, 1.165) is 16.7 Å². The molecule has 2 rings (SSSR count). The number of benzene rings is 2. The maximum Gasteiger partial charge on any atom is 0.346 e. The molecule has 3 nitrogen and oxygen atoms in total. The quantitative estimate of drug-likeness (QED) is 0.649. The molecule has 2 aromatic carbocycles. The predicted molar refractivity (Wildman–Crippen MR) is 64.3 cm³/mol. The van der Waals surface area contributed by atoms with Crippen molar-refractivity contribution >= 4 is 5.97 Å². The van der Waals surface area contributed by atoms with E-state index < -0.39 is 5.97 Å². The third-order valence-corrected chi connectivity index (χ3v) is 2.51. The van der Waals surface area contributed by atoms with Gasteiger partial charge in [0, 0.05) is 0 Å². The summed E-state index contributed by atoms with van der Waals surface area (Å²) in [5, 5.41) is 8.18. The minimum Gasteiger partial charge on any atom is -0.301 e. The molecule has 0 aliphatic rings. The molecule has 1 N–H and O–H groups in total. The second-order valence-electron chi connectivity index (χ2n) is 3.70. The highest BCUT2D eigenvalue weighted by Gasteiger charge is 2.04. The molecular weight excluding hydrogens is 216 g/mol. The lowest BCUT2D eigenvalue weighted by atomic mass is 10.0. The highest BCUT2D eigenvalue weighted by Crippen LogP contribution is 2.19. The summed E-state index contributed by atoms with van der Waals surface area (Å²) < 4.78 is 0. The molecule has 3 heteroatoms. The number of hydrogen-bond acceptors (Lipinski definition) is 3. The number of carbonyl (C=O) groups excluding carboxylic acids is 1. The molecule has 2 aromatic rings. The topological polar surface area (TPSA) is 46.5 Å². The molecule has 0 saturated carbocycles. The van der Waals surface area contributed by atoms with E-state index in [9.17, 15) is 4.79 Å². The zero-order chi connectivity index (χ0) is 12.1. The Hall–Kier alpha value is -2.13. The summed E-state index contributed by atoms with van der Waals surface area (Å²) in [5.41, 5.74) is 3.03. The molecule has 0 heterocycles. The van der Waals surface area contributed by atoms with Gasteiger partial charge >= 0.3 is 5.97 Å². The highest BCUT2D eigenvalue weighted by atomic mass is 17.1. The Morgan fingerprint density at radius 1 is 0.941 bits per heavy atom. The van der Waals surface area contributed by atoms with Crippen molar-refractivity contribution in [3.05, 3.63) is 60.2 Å². The van der Waals surface area contributed by atoms with Crippen molar-refractivity contribution in [3.8, 4) is 11.1 Å². The first-order chi connectivity index (χ1) is 8.29. The van der Waals surface area contributed by atoms with Crippen LogP contribution >= 0.6 is 0 Å². The van der Waals surface area contributed by atoms with E-state index in [4.69, 9.17) is 5.26 Å². The normalized spacial score (nSPS) is 9.94. The van der Waals surface area contributed by atoms with Gasteiger partial charge < -0.3 is 4.89 Å². The van der Waals surface area contributed by atoms with Crippen LogP contribution < -0.4 is 0 Å². The summed E-state index contributed by atoms with van der Waals surface area (Å²) in [6.07, 6.45) is 0.0750. The van der Waals surface area contributed by atoms with Gasteiger partial charge in [-0.25, -0.2) is 4.79 Å². The smallest absolute Gasteiger partial charge is 0.301 e. The largest absolute Gasteiger partial charge is 0.346 e. The van der Waals surface area contributed by atoms with Crippen LogP contribution in [-0.2, 0) is 16.1 Å². The molecule has 0 aliphatic carbocycles. The maximum absolute atomic E-state index is 10.9. The van der Waals surface area contributed by atoms with Crippen LogP contribution in [0.5, 0.6) is 0 Å². The Bertz CT molecular complexity index is 489. The molecule has 0 atom stereocenters. The van der Waals surface area contributed by atoms with Crippen molar-refractivity contribution in [1.82, 2.24) is 0 Å². The lowest BCUT2D eigenvalue weighted by molar-refractivity contribution is -0.233. The zero-order valence-electron chi connectivity index (χ0n) is 9.17. The van der Waals surface area contributed by atoms with Crippen molar-refractivity contribution in [2.24, 2.45) is 0 Å². The van der Waals surface area contributed by atoms with Crippen LogP contribution in [0.1, 0.15) is 5.56 Å². The van der Waals surface area contributed by atoms with Gasteiger partial charge in [-0.3, -0.25) is 0 Å². The van der Waals surface area contributed by atoms with Crippen LogP contribution in [-0.4, -0.2) is 11.2 Å². The Morgan fingerprint density at radius 3 is 2.12 bits per heavy atom. The lowest BCUT2D eigenvalue weighted by Gasteiger charge is -2.03. The van der Waals surface area contributed by atoms with E-state index in [-0.39, 0.29) is 6.42 Å².